The summed E-state index contributed by atoms with van der Waals surface area (Å²) in [5.41, 5.74) is 3.60. The predicted octanol–water partition coefficient (Wildman–Crippen LogP) is -0.340. The highest BCUT2D eigenvalue weighted by molar-refractivity contribution is 5.76. The van der Waals surface area contributed by atoms with E-state index < -0.39 is 24.5 Å². The number of fused-ring (bicyclic) bond motifs is 1. The Morgan fingerprint density at radius 2 is 1.90 bits per heavy atom. The quantitative estimate of drug-likeness (QED) is 0.695. The molecule has 0 aliphatic carbocycles. The molecule has 0 saturated carbocycles. The van der Waals surface area contributed by atoms with E-state index >= 15 is 0 Å². The van der Waals surface area contributed by atoms with Gasteiger partial charge >= 0.3 is 0 Å². The maximum absolute atomic E-state index is 10.0. The maximum Gasteiger partial charge on any atom is 0.181 e. The molecule has 3 rings (SSSR count). The average Bonchev–Trinajstić information content (AvgIpc) is 2.94. The number of rotatable bonds is 2. The Kier molecular flexibility index (Phi) is 3.21. The molecule has 7 nitrogen and oxygen atoms in total. The second kappa shape index (κ2) is 4.78. The minimum atomic E-state index is -1.15. The minimum Gasteiger partial charge on any atom is -0.394 e. The molecule has 2 heterocycles. The van der Waals surface area contributed by atoms with Crippen molar-refractivity contribution in [2.24, 2.45) is 0 Å². The van der Waals surface area contributed by atoms with Gasteiger partial charge in [-0.3, -0.25) is 0 Å². The Labute approximate surface area is 115 Å². The lowest BCUT2D eigenvalue weighted by molar-refractivity contribution is -0.0572. The average molecular weight is 279 g/mol. The van der Waals surface area contributed by atoms with Gasteiger partial charge in [0.15, 0.2) is 6.23 Å². The molecule has 2 aromatic rings. The summed E-state index contributed by atoms with van der Waals surface area (Å²) in [5.74, 6) is 0. The van der Waals surface area contributed by atoms with E-state index in [1.54, 1.807) is 0 Å². The fraction of sp³-hybridized carbons (Fsp3) is 0.538. The van der Waals surface area contributed by atoms with Crippen LogP contribution >= 0.6 is 0 Å². The molecule has 1 aliphatic heterocycles. The Balaban J connectivity index is 2.05. The van der Waals surface area contributed by atoms with E-state index in [9.17, 15) is 10.2 Å². The maximum atomic E-state index is 10.0. The third-order valence-electron chi connectivity index (χ3n) is 3.84. The van der Waals surface area contributed by atoms with Gasteiger partial charge in [-0.2, -0.15) is 0 Å². The number of hydrogen-bond donors (Lipinski definition) is 3. The molecule has 108 valence electrons. The Morgan fingerprint density at radius 3 is 2.55 bits per heavy atom. The number of aliphatic hydroxyl groups is 3. The molecular formula is C13H17N3O4. The van der Waals surface area contributed by atoms with E-state index in [4.69, 9.17) is 9.84 Å². The van der Waals surface area contributed by atoms with Crippen LogP contribution in [0.25, 0.3) is 11.0 Å². The second-order valence-corrected chi connectivity index (χ2v) is 5.19. The minimum absolute atomic E-state index is 0.362. The van der Waals surface area contributed by atoms with Gasteiger partial charge in [0.2, 0.25) is 0 Å². The summed E-state index contributed by atoms with van der Waals surface area (Å²) < 4.78 is 6.92. The third kappa shape index (κ3) is 1.90. The van der Waals surface area contributed by atoms with Crippen LogP contribution < -0.4 is 0 Å². The summed E-state index contributed by atoms with van der Waals surface area (Å²) in [6.07, 6.45) is -3.97. The first-order valence-electron chi connectivity index (χ1n) is 6.47. The van der Waals surface area contributed by atoms with Crippen LogP contribution in [0, 0.1) is 13.8 Å². The molecule has 1 aromatic heterocycles. The van der Waals surface area contributed by atoms with Crippen molar-refractivity contribution in [3.8, 4) is 0 Å². The van der Waals surface area contributed by atoms with E-state index in [0.717, 1.165) is 16.6 Å². The zero-order valence-corrected chi connectivity index (χ0v) is 11.3. The second-order valence-electron chi connectivity index (χ2n) is 5.19. The van der Waals surface area contributed by atoms with E-state index in [0.29, 0.717) is 5.52 Å². The normalized spacial score (nSPS) is 30.2. The van der Waals surface area contributed by atoms with Crippen LogP contribution in [0.5, 0.6) is 0 Å². The predicted molar refractivity (Wildman–Crippen MR) is 70.0 cm³/mol. The van der Waals surface area contributed by atoms with Crippen LogP contribution in [0.1, 0.15) is 17.4 Å². The topological polar surface area (TPSA) is 101 Å². The first-order chi connectivity index (χ1) is 9.52. The van der Waals surface area contributed by atoms with E-state index in [1.165, 1.54) is 4.68 Å². The molecule has 0 spiro atoms. The van der Waals surface area contributed by atoms with Crippen molar-refractivity contribution in [3.63, 3.8) is 0 Å². The molecule has 1 aromatic carbocycles. The summed E-state index contributed by atoms with van der Waals surface area (Å²) in [6.45, 7) is 3.60. The molecule has 1 fully saturated rings. The Hall–Kier alpha value is -1.54. The van der Waals surface area contributed by atoms with Crippen molar-refractivity contribution in [2.75, 3.05) is 6.61 Å². The van der Waals surface area contributed by atoms with Crippen LogP contribution in [0.15, 0.2) is 12.1 Å². The van der Waals surface area contributed by atoms with Gasteiger partial charge in [-0.25, -0.2) is 4.68 Å². The molecule has 0 amide bonds. The fourth-order valence-electron chi connectivity index (χ4n) is 2.46. The van der Waals surface area contributed by atoms with Crippen LogP contribution in [0.2, 0.25) is 0 Å². The number of aromatic nitrogens is 3. The van der Waals surface area contributed by atoms with Gasteiger partial charge in [0.1, 0.15) is 23.8 Å². The highest BCUT2D eigenvalue weighted by Gasteiger charge is 2.44. The number of aryl methyl sites for hydroxylation is 2. The highest BCUT2D eigenvalue weighted by Crippen LogP contribution is 2.31. The van der Waals surface area contributed by atoms with Crippen molar-refractivity contribution >= 4 is 11.0 Å². The number of nitrogens with zero attached hydrogens (tertiary/aromatic N) is 3. The summed E-state index contributed by atoms with van der Waals surface area (Å²) in [4.78, 5) is 0. The van der Waals surface area contributed by atoms with Gasteiger partial charge in [-0.15, -0.1) is 5.10 Å². The first-order valence-corrected chi connectivity index (χ1v) is 6.47. The molecule has 20 heavy (non-hydrogen) atoms. The Bertz CT molecular complexity index is 642. The van der Waals surface area contributed by atoms with E-state index in [-0.39, 0.29) is 6.61 Å². The Morgan fingerprint density at radius 1 is 1.20 bits per heavy atom. The molecule has 7 heteroatoms. The lowest BCUT2D eigenvalue weighted by Crippen LogP contribution is -2.33. The SMILES string of the molecule is Cc1cc2nnn([C@H]3O[C@@H](CO)[C@@H](O)[C@H]3O)c2cc1C. The summed E-state index contributed by atoms with van der Waals surface area (Å²) in [7, 11) is 0. The van der Waals surface area contributed by atoms with Gasteiger partial charge in [0.25, 0.3) is 0 Å². The molecule has 1 saturated heterocycles. The summed E-state index contributed by atoms with van der Waals surface area (Å²) in [5, 5.41) is 37.0. The number of benzene rings is 1. The van der Waals surface area contributed by atoms with Crippen molar-refractivity contribution < 1.29 is 20.1 Å². The first kappa shape index (κ1) is 13.4. The van der Waals surface area contributed by atoms with Crippen molar-refractivity contribution in [1.82, 2.24) is 15.0 Å². The lowest BCUT2D eigenvalue weighted by Gasteiger charge is -2.15. The molecular weight excluding hydrogens is 262 g/mol. The monoisotopic (exact) mass is 279 g/mol. The third-order valence-corrected chi connectivity index (χ3v) is 3.84. The van der Waals surface area contributed by atoms with Crippen LogP contribution in [-0.4, -0.2) is 55.2 Å². The van der Waals surface area contributed by atoms with E-state index in [1.807, 2.05) is 26.0 Å². The fourth-order valence-corrected chi connectivity index (χ4v) is 2.46. The van der Waals surface area contributed by atoms with Gasteiger partial charge < -0.3 is 20.1 Å². The molecule has 0 unspecified atom stereocenters. The number of ether oxygens (including phenoxy) is 1. The number of hydrogen-bond acceptors (Lipinski definition) is 6. The van der Waals surface area contributed by atoms with Crippen LogP contribution in [0.4, 0.5) is 0 Å². The molecule has 4 atom stereocenters. The molecule has 3 N–H and O–H groups in total. The largest absolute Gasteiger partial charge is 0.394 e. The molecule has 0 radical (unpaired) electrons. The van der Waals surface area contributed by atoms with Crippen molar-refractivity contribution in [3.05, 3.63) is 23.3 Å². The van der Waals surface area contributed by atoms with Gasteiger partial charge in [0, 0.05) is 0 Å². The van der Waals surface area contributed by atoms with Gasteiger partial charge in [0.05, 0.1) is 12.1 Å². The standard InChI is InChI=1S/C13H17N3O4/c1-6-3-8-9(4-7(6)2)16(15-14-8)13-12(19)11(18)10(5-17)20-13/h3-4,10-13,17-19H,5H2,1-2H3/t10-,11+,12+,13-/m0/s1. The smallest absolute Gasteiger partial charge is 0.181 e. The van der Waals surface area contributed by atoms with E-state index in [2.05, 4.69) is 10.3 Å². The number of aliphatic hydroxyl groups excluding tert-OH is 3. The summed E-state index contributed by atoms with van der Waals surface area (Å²) in [6, 6.07) is 3.83. The molecule has 1 aliphatic rings. The lowest BCUT2D eigenvalue weighted by atomic mass is 10.1. The highest BCUT2D eigenvalue weighted by atomic mass is 16.6. The van der Waals surface area contributed by atoms with Gasteiger partial charge in [-0.05, 0) is 37.1 Å². The molecule has 0 bridgehead atoms. The van der Waals surface area contributed by atoms with Crippen molar-refractivity contribution in [1.29, 1.82) is 0 Å². The summed E-state index contributed by atoms with van der Waals surface area (Å²) >= 11 is 0. The zero-order valence-electron chi connectivity index (χ0n) is 11.3. The van der Waals surface area contributed by atoms with Gasteiger partial charge in [-0.1, -0.05) is 5.21 Å². The van der Waals surface area contributed by atoms with Crippen LogP contribution in [0.3, 0.4) is 0 Å². The zero-order chi connectivity index (χ0) is 14.4. The van der Waals surface area contributed by atoms with Crippen molar-refractivity contribution in [2.45, 2.75) is 38.4 Å². The van der Waals surface area contributed by atoms with Crippen LogP contribution in [-0.2, 0) is 4.74 Å².